The molecular formula is C19H27N5O2S. The Hall–Kier alpha value is -2.19. The first kappa shape index (κ1) is 19.6. The summed E-state index contributed by atoms with van der Waals surface area (Å²) in [6.07, 6.45) is 2.38. The molecule has 0 bridgehead atoms. The highest BCUT2D eigenvalue weighted by Crippen LogP contribution is 2.20. The van der Waals surface area contributed by atoms with Crippen LogP contribution in [0.15, 0.2) is 30.3 Å². The number of hydrogen-bond donors (Lipinski definition) is 2. The maximum Gasteiger partial charge on any atom is 0.215 e. The van der Waals surface area contributed by atoms with Gasteiger partial charge < -0.3 is 10.2 Å². The molecule has 0 unspecified atom stereocenters. The number of sulfonamides is 1. The second-order valence-corrected chi connectivity index (χ2v) is 8.73. The van der Waals surface area contributed by atoms with Gasteiger partial charge in [0.1, 0.15) is 17.5 Å². The number of aromatic nitrogens is 2. The fraction of sp³-hybridized carbons (Fsp3) is 0.474. The van der Waals surface area contributed by atoms with Gasteiger partial charge in [-0.3, -0.25) is 0 Å². The first-order valence-electron chi connectivity index (χ1n) is 9.29. The lowest BCUT2D eigenvalue weighted by atomic mass is 10.2. The van der Waals surface area contributed by atoms with Gasteiger partial charge in [-0.2, -0.15) is 0 Å². The Morgan fingerprint density at radius 3 is 2.44 bits per heavy atom. The topological polar surface area (TPSA) is 87.2 Å². The lowest BCUT2D eigenvalue weighted by Gasteiger charge is -2.17. The van der Waals surface area contributed by atoms with Gasteiger partial charge in [0.05, 0.1) is 5.75 Å². The largest absolute Gasteiger partial charge is 0.369 e. The quantitative estimate of drug-likeness (QED) is 0.673. The Kier molecular flexibility index (Phi) is 6.28. The molecule has 1 fully saturated rings. The van der Waals surface area contributed by atoms with E-state index in [0.717, 1.165) is 35.9 Å². The van der Waals surface area contributed by atoms with Gasteiger partial charge in [0.15, 0.2) is 0 Å². The third-order valence-electron chi connectivity index (χ3n) is 4.48. The summed E-state index contributed by atoms with van der Waals surface area (Å²) in [4.78, 5) is 11.1. The molecule has 1 aromatic heterocycles. The SMILES string of the molecule is Cc1ccc(CS(=O)(=O)NCCNc2cc(N3CCCC3)nc(C)n2)cc1. The Balaban J connectivity index is 1.50. The standard InChI is InChI=1S/C19H27N5O2S/c1-15-5-7-17(8-6-15)14-27(25,26)21-10-9-20-18-13-19(23-16(2)22-18)24-11-3-4-12-24/h5-8,13,21H,3-4,9-12,14H2,1-2H3,(H,20,22,23). The zero-order chi connectivity index (χ0) is 19.3. The van der Waals surface area contributed by atoms with Gasteiger partial charge in [-0.05, 0) is 32.3 Å². The summed E-state index contributed by atoms with van der Waals surface area (Å²) in [6.45, 7) is 6.66. The minimum atomic E-state index is -3.36. The number of benzene rings is 1. The van der Waals surface area contributed by atoms with Crippen molar-refractivity contribution in [2.75, 3.05) is 36.4 Å². The van der Waals surface area contributed by atoms with E-state index in [1.54, 1.807) is 0 Å². The summed E-state index contributed by atoms with van der Waals surface area (Å²) in [5.74, 6) is 2.35. The molecule has 1 aromatic carbocycles. The minimum absolute atomic E-state index is 0.0149. The van der Waals surface area contributed by atoms with Gasteiger partial charge in [0.25, 0.3) is 0 Å². The van der Waals surface area contributed by atoms with Crippen LogP contribution >= 0.6 is 0 Å². The molecule has 27 heavy (non-hydrogen) atoms. The zero-order valence-electron chi connectivity index (χ0n) is 15.9. The van der Waals surface area contributed by atoms with E-state index >= 15 is 0 Å². The smallest absolute Gasteiger partial charge is 0.215 e. The van der Waals surface area contributed by atoms with Crippen molar-refractivity contribution in [1.29, 1.82) is 0 Å². The first-order valence-corrected chi connectivity index (χ1v) is 10.9. The van der Waals surface area contributed by atoms with Crippen LogP contribution in [0, 0.1) is 13.8 Å². The van der Waals surface area contributed by atoms with E-state index in [4.69, 9.17) is 0 Å². The van der Waals surface area contributed by atoms with Gasteiger partial charge in [-0.1, -0.05) is 29.8 Å². The minimum Gasteiger partial charge on any atom is -0.369 e. The highest BCUT2D eigenvalue weighted by molar-refractivity contribution is 7.88. The number of aryl methyl sites for hydroxylation is 2. The Morgan fingerprint density at radius 1 is 1.04 bits per heavy atom. The Labute approximate surface area is 161 Å². The summed E-state index contributed by atoms with van der Waals surface area (Å²) >= 11 is 0. The molecule has 0 atom stereocenters. The van der Waals surface area contributed by atoms with Crippen molar-refractivity contribution in [3.8, 4) is 0 Å². The van der Waals surface area contributed by atoms with E-state index in [1.165, 1.54) is 12.8 Å². The molecule has 0 amide bonds. The Bertz CT molecular complexity index is 862. The molecule has 1 aliphatic heterocycles. The molecule has 146 valence electrons. The third-order valence-corrected chi connectivity index (χ3v) is 5.84. The van der Waals surface area contributed by atoms with E-state index < -0.39 is 10.0 Å². The van der Waals surface area contributed by atoms with Crippen molar-refractivity contribution >= 4 is 21.7 Å². The molecule has 2 heterocycles. The molecule has 2 aromatic rings. The average Bonchev–Trinajstić information content (AvgIpc) is 3.15. The molecule has 0 saturated carbocycles. The molecule has 8 heteroatoms. The van der Waals surface area contributed by atoms with Crippen LogP contribution < -0.4 is 14.9 Å². The van der Waals surface area contributed by atoms with Gasteiger partial charge in [0.2, 0.25) is 10.0 Å². The van der Waals surface area contributed by atoms with Crippen LogP contribution in [0.2, 0.25) is 0 Å². The third kappa shape index (κ3) is 5.90. The van der Waals surface area contributed by atoms with Gasteiger partial charge in [0, 0.05) is 32.2 Å². The highest BCUT2D eigenvalue weighted by Gasteiger charge is 2.15. The average molecular weight is 390 g/mol. The lowest BCUT2D eigenvalue weighted by molar-refractivity contribution is 0.582. The van der Waals surface area contributed by atoms with Crippen molar-refractivity contribution in [2.45, 2.75) is 32.4 Å². The molecule has 1 aliphatic rings. The number of nitrogens with zero attached hydrogens (tertiary/aromatic N) is 3. The number of rotatable bonds is 8. The van der Waals surface area contributed by atoms with Crippen LogP contribution in [0.4, 0.5) is 11.6 Å². The van der Waals surface area contributed by atoms with Crippen molar-refractivity contribution in [1.82, 2.24) is 14.7 Å². The van der Waals surface area contributed by atoms with E-state index in [0.29, 0.717) is 18.9 Å². The maximum absolute atomic E-state index is 12.2. The maximum atomic E-state index is 12.2. The number of nitrogens with one attached hydrogen (secondary N) is 2. The predicted molar refractivity (Wildman–Crippen MR) is 109 cm³/mol. The summed E-state index contributed by atoms with van der Waals surface area (Å²) in [5.41, 5.74) is 1.89. The van der Waals surface area contributed by atoms with Crippen LogP contribution in [0.1, 0.15) is 29.8 Å². The normalized spacial score (nSPS) is 14.5. The molecule has 3 rings (SSSR count). The molecule has 0 radical (unpaired) electrons. The highest BCUT2D eigenvalue weighted by atomic mass is 32.2. The van der Waals surface area contributed by atoms with E-state index in [-0.39, 0.29) is 5.75 Å². The zero-order valence-corrected chi connectivity index (χ0v) is 16.7. The molecule has 0 aliphatic carbocycles. The number of hydrogen-bond acceptors (Lipinski definition) is 6. The summed E-state index contributed by atoms with van der Waals surface area (Å²) in [5, 5.41) is 3.19. The van der Waals surface area contributed by atoms with Crippen LogP contribution in [0.5, 0.6) is 0 Å². The van der Waals surface area contributed by atoms with Crippen molar-refractivity contribution in [3.63, 3.8) is 0 Å². The first-order chi connectivity index (χ1) is 12.9. The molecular weight excluding hydrogens is 362 g/mol. The van der Waals surface area contributed by atoms with Gasteiger partial charge in [-0.25, -0.2) is 23.1 Å². The predicted octanol–water partition coefficient (Wildman–Crippen LogP) is 2.23. The second-order valence-electron chi connectivity index (χ2n) is 6.92. The number of anilines is 2. The van der Waals surface area contributed by atoms with E-state index in [9.17, 15) is 8.42 Å². The van der Waals surface area contributed by atoms with Crippen LogP contribution in [-0.4, -0.2) is 44.6 Å². The van der Waals surface area contributed by atoms with E-state index in [1.807, 2.05) is 44.2 Å². The van der Waals surface area contributed by atoms with Crippen LogP contribution in [0.3, 0.4) is 0 Å². The van der Waals surface area contributed by atoms with Crippen molar-refractivity contribution < 1.29 is 8.42 Å². The molecule has 1 saturated heterocycles. The fourth-order valence-corrected chi connectivity index (χ4v) is 4.25. The van der Waals surface area contributed by atoms with Crippen molar-refractivity contribution in [2.24, 2.45) is 0 Å². The molecule has 7 nitrogen and oxygen atoms in total. The van der Waals surface area contributed by atoms with Gasteiger partial charge in [-0.15, -0.1) is 0 Å². The van der Waals surface area contributed by atoms with Crippen molar-refractivity contribution in [3.05, 3.63) is 47.3 Å². The molecule has 0 spiro atoms. The van der Waals surface area contributed by atoms with Crippen LogP contribution in [0.25, 0.3) is 0 Å². The monoisotopic (exact) mass is 389 g/mol. The molecule has 2 N–H and O–H groups in total. The summed E-state index contributed by atoms with van der Waals surface area (Å²) in [6, 6.07) is 9.45. The summed E-state index contributed by atoms with van der Waals surface area (Å²) in [7, 11) is -3.36. The lowest BCUT2D eigenvalue weighted by Crippen LogP contribution is -2.30. The fourth-order valence-electron chi connectivity index (χ4n) is 3.10. The van der Waals surface area contributed by atoms with E-state index in [2.05, 4.69) is 24.9 Å². The Morgan fingerprint density at radius 2 is 1.74 bits per heavy atom. The second kappa shape index (κ2) is 8.67. The van der Waals surface area contributed by atoms with Crippen LogP contribution in [-0.2, 0) is 15.8 Å². The van der Waals surface area contributed by atoms with Gasteiger partial charge >= 0.3 is 0 Å². The summed E-state index contributed by atoms with van der Waals surface area (Å²) < 4.78 is 27.0.